The van der Waals surface area contributed by atoms with Crippen LogP contribution in [-0.2, 0) is 6.54 Å². The van der Waals surface area contributed by atoms with Crippen molar-refractivity contribution in [2.45, 2.75) is 38.1 Å². The van der Waals surface area contributed by atoms with Crippen LogP contribution in [0.15, 0.2) is 72.9 Å². The van der Waals surface area contributed by atoms with Gasteiger partial charge in [-0.3, -0.25) is 10.00 Å². The standard InChI is InChI=1S/C32H28FN9/c1-19-3-2-4-27(34-19)31-36-29(38-39-31)24-16-41(17-24)15-20-5-7-22(8-6-20)28-26(21-11-13-25(33)14-12-21)18-42-32(35-28)37-30(40-42)23-9-10-23/h2-8,11-14,18,23-24H,9-10,15-17H2,1H3,(H,36,38,39). The Morgan fingerprint density at radius 3 is 2.40 bits per heavy atom. The van der Waals surface area contributed by atoms with Crippen molar-refractivity contribution in [1.29, 1.82) is 0 Å². The van der Waals surface area contributed by atoms with E-state index in [1.807, 2.05) is 31.3 Å². The number of likely N-dealkylation sites (tertiary alicyclic amines) is 1. The lowest BCUT2D eigenvalue weighted by molar-refractivity contribution is 0.135. The molecule has 208 valence electrons. The predicted molar refractivity (Wildman–Crippen MR) is 156 cm³/mol. The molecule has 42 heavy (non-hydrogen) atoms. The molecule has 0 radical (unpaired) electrons. The highest BCUT2D eigenvalue weighted by molar-refractivity contribution is 5.81. The molecule has 8 rings (SSSR count). The predicted octanol–water partition coefficient (Wildman–Crippen LogP) is 5.56. The molecular formula is C32H28FN9. The molecule has 4 aromatic heterocycles. The number of aromatic amines is 1. The van der Waals surface area contributed by atoms with Gasteiger partial charge in [0.15, 0.2) is 11.6 Å². The summed E-state index contributed by atoms with van der Waals surface area (Å²) in [6.07, 6.45) is 4.21. The van der Waals surface area contributed by atoms with Gasteiger partial charge in [0.25, 0.3) is 5.78 Å². The van der Waals surface area contributed by atoms with Crippen LogP contribution in [-0.4, -0.2) is 57.7 Å². The number of aromatic nitrogens is 8. The van der Waals surface area contributed by atoms with Crippen LogP contribution in [0.5, 0.6) is 0 Å². The second-order valence-electron chi connectivity index (χ2n) is 11.3. The van der Waals surface area contributed by atoms with Crippen molar-refractivity contribution in [3.63, 3.8) is 0 Å². The minimum atomic E-state index is -0.268. The maximum atomic E-state index is 13.7. The maximum Gasteiger partial charge on any atom is 0.253 e. The van der Waals surface area contributed by atoms with Gasteiger partial charge in [0.05, 0.1) is 5.69 Å². The summed E-state index contributed by atoms with van der Waals surface area (Å²) in [5.41, 5.74) is 6.53. The quantitative estimate of drug-likeness (QED) is 0.274. The van der Waals surface area contributed by atoms with Crippen molar-refractivity contribution in [3.8, 4) is 33.9 Å². The van der Waals surface area contributed by atoms with Gasteiger partial charge in [-0.15, -0.1) is 5.10 Å². The average molecular weight is 558 g/mol. The van der Waals surface area contributed by atoms with Crippen LogP contribution in [0, 0.1) is 12.7 Å². The van der Waals surface area contributed by atoms with Crippen LogP contribution < -0.4 is 0 Å². The zero-order valence-electron chi connectivity index (χ0n) is 23.1. The SMILES string of the molecule is Cc1cccc(-c2n[nH]c(C3CN(Cc4ccc(-c5nc6nc(C7CC7)nn6cc5-c5ccc(F)cc5)cc4)C3)n2)n1. The smallest absolute Gasteiger partial charge is 0.253 e. The highest BCUT2D eigenvalue weighted by atomic mass is 19.1. The first-order valence-corrected chi connectivity index (χ1v) is 14.3. The van der Waals surface area contributed by atoms with E-state index in [9.17, 15) is 4.39 Å². The Labute approximate surface area is 241 Å². The van der Waals surface area contributed by atoms with Crippen LogP contribution in [0.4, 0.5) is 4.39 Å². The van der Waals surface area contributed by atoms with Gasteiger partial charge in [0.2, 0.25) is 0 Å². The summed E-state index contributed by atoms with van der Waals surface area (Å²) in [7, 11) is 0. The van der Waals surface area contributed by atoms with Crippen molar-refractivity contribution < 1.29 is 4.39 Å². The number of aryl methyl sites for hydroxylation is 1. The molecule has 0 bridgehead atoms. The van der Waals surface area contributed by atoms with E-state index in [2.05, 4.69) is 49.4 Å². The Bertz CT molecular complexity index is 1900. The number of hydrogen-bond acceptors (Lipinski definition) is 7. The lowest BCUT2D eigenvalue weighted by atomic mass is 9.97. The summed E-state index contributed by atoms with van der Waals surface area (Å²) in [6.45, 7) is 4.65. The van der Waals surface area contributed by atoms with Crippen molar-refractivity contribution in [2.75, 3.05) is 13.1 Å². The van der Waals surface area contributed by atoms with Gasteiger partial charge in [0.1, 0.15) is 17.3 Å². The van der Waals surface area contributed by atoms with E-state index in [1.54, 1.807) is 16.6 Å². The topological polar surface area (TPSA) is 101 Å². The third-order valence-corrected chi connectivity index (χ3v) is 8.04. The number of nitrogens with zero attached hydrogens (tertiary/aromatic N) is 8. The molecule has 1 aliphatic heterocycles. The van der Waals surface area contributed by atoms with Crippen LogP contribution in [0.2, 0.25) is 0 Å². The van der Waals surface area contributed by atoms with E-state index in [0.29, 0.717) is 23.4 Å². The Balaban J connectivity index is 0.996. The van der Waals surface area contributed by atoms with Gasteiger partial charge in [-0.2, -0.15) is 10.1 Å². The van der Waals surface area contributed by atoms with Crippen LogP contribution >= 0.6 is 0 Å². The third kappa shape index (κ3) is 4.73. The molecule has 9 nitrogen and oxygen atoms in total. The molecule has 0 atom stereocenters. The lowest BCUT2D eigenvalue weighted by Crippen LogP contribution is -2.44. The van der Waals surface area contributed by atoms with E-state index in [-0.39, 0.29) is 5.82 Å². The molecule has 1 saturated carbocycles. The van der Waals surface area contributed by atoms with Crippen molar-refractivity contribution in [1.82, 2.24) is 44.6 Å². The van der Waals surface area contributed by atoms with Gasteiger partial charge >= 0.3 is 0 Å². The van der Waals surface area contributed by atoms with E-state index < -0.39 is 0 Å². The Kier molecular flexibility index (Phi) is 5.88. The first-order chi connectivity index (χ1) is 20.6. The van der Waals surface area contributed by atoms with E-state index in [1.165, 1.54) is 17.7 Å². The zero-order valence-corrected chi connectivity index (χ0v) is 23.1. The van der Waals surface area contributed by atoms with E-state index in [0.717, 1.165) is 77.9 Å². The van der Waals surface area contributed by atoms with Gasteiger partial charge < -0.3 is 0 Å². The average Bonchev–Trinajstić information content (AvgIpc) is 3.57. The Hall–Kier alpha value is -4.83. The molecule has 2 fully saturated rings. The number of pyridine rings is 1. The van der Waals surface area contributed by atoms with Crippen LogP contribution in [0.1, 0.15) is 47.6 Å². The molecule has 0 unspecified atom stereocenters. The fraction of sp³-hybridized carbons (Fsp3) is 0.250. The molecular weight excluding hydrogens is 529 g/mol. The summed E-state index contributed by atoms with van der Waals surface area (Å²) < 4.78 is 15.5. The number of fused-ring (bicyclic) bond motifs is 1. The molecule has 2 aliphatic rings. The first kappa shape index (κ1) is 24.9. The van der Waals surface area contributed by atoms with E-state index >= 15 is 0 Å². The lowest BCUT2D eigenvalue weighted by Gasteiger charge is -2.38. The summed E-state index contributed by atoms with van der Waals surface area (Å²) in [5.74, 6) is 3.48. The van der Waals surface area contributed by atoms with Gasteiger partial charge in [-0.1, -0.05) is 42.5 Å². The fourth-order valence-electron chi connectivity index (χ4n) is 5.55. The summed E-state index contributed by atoms with van der Waals surface area (Å²) >= 11 is 0. The van der Waals surface area contributed by atoms with Crippen molar-refractivity contribution >= 4 is 5.78 Å². The minimum Gasteiger partial charge on any atom is -0.298 e. The number of halogens is 1. The number of H-pyrrole nitrogens is 1. The van der Waals surface area contributed by atoms with Crippen LogP contribution in [0.25, 0.3) is 39.7 Å². The van der Waals surface area contributed by atoms with Crippen LogP contribution in [0.3, 0.4) is 0 Å². The number of benzene rings is 2. The fourth-order valence-corrected chi connectivity index (χ4v) is 5.55. The number of hydrogen-bond donors (Lipinski definition) is 1. The second kappa shape index (κ2) is 9.92. The number of rotatable bonds is 7. The molecule has 1 aliphatic carbocycles. The Morgan fingerprint density at radius 2 is 1.64 bits per heavy atom. The maximum absolute atomic E-state index is 13.7. The molecule has 1 saturated heterocycles. The third-order valence-electron chi connectivity index (χ3n) is 8.04. The zero-order chi connectivity index (χ0) is 28.2. The monoisotopic (exact) mass is 557 g/mol. The number of nitrogens with one attached hydrogen (secondary N) is 1. The summed E-state index contributed by atoms with van der Waals surface area (Å²) in [6, 6.07) is 20.9. The van der Waals surface area contributed by atoms with Gasteiger partial charge in [0, 0.05) is 54.5 Å². The second-order valence-corrected chi connectivity index (χ2v) is 11.3. The molecule has 5 heterocycles. The first-order valence-electron chi connectivity index (χ1n) is 14.3. The molecule has 6 aromatic rings. The Morgan fingerprint density at radius 1 is 0.857 bits per heavy atom. The highest BCUT2D eigenvalue weighted by Gasteiger charge is 2.31. The highest BCUT2D eigenvalue weighted by Crippen LogP contribution is 2.39. The minimum absolute atomic E-state index is 0.268. The summed E-state index contributed by atoms with van der Waals surface area (Å²) in [5, 5.41) is 12.2. The molecule has 1 N–H and O–H groups in total. The van der Waals surface area contributed by atoms with Crippen molar-refractivity contribution in [3.05, 3.63) is 102 Å². The molecule has 2 aromatic carbocycles. The normalized spacial score (nSPS) is 15.8. The van der Waals surface area contributed by atoms with E-state index in [4.69, 9.17) is 15.0 Å². The van der Waals surface area contributed by atoms with Crippen molar-refractivity contribution in [2.24, 2.45) is 0 Å². The molecule has 0 amide bonds. The van der Waals surface area contributed by atoms with Gasteiger partial charge in [-0.05, 0) is 55.2 Å². The molecule has 0 spiro atoms. The summed E-state index contributed by atoms with van der Waals surface area (Å²) in [4.78, 5) is 21.3. The van der Waals surface area contributed by atoms with Gasteiger partial charge in [-0.25, -0.2) is 23.9 Å². The molecule has 10 heteroatoms. The largest absolute Gasteiger partial charge is 0.298 e.